The molecular weight excluding hydrogens is 649 g/mol. The second-order valence-electron chi connectivity index (χ2n) is 8.58. The van der Waals surface area contributed by atoms with E-state index < -0.39 is 9.85 Å². The van der Waals surface area contributed by atoms with Crippen molar-refractivity contribution in [1.82, 2.24) is 19.9 Å². The van der Waals surface area contributed by atoms with Crippen molar-refractivity contribution in [1.29, 1.82) is 0 Å². The van der Waals surface area contributed by atoms with Gasteiger partial charge in [0.15, 0.2) is 8.93 Å². The molecule has 0 fully saturated rings. The summed E-state index contributed by atoms with van der Waals surface area (Å²) >= 11 is 20.1. The molecule has 224 valence electrons. The van der Waals surface area contributed by atoms with Gasteiger partial charge in [-0.1, -0.05) is 34.8 Å². The molecular formula is C24H26Cl3N9O4S2. The maximum Gasteiger partial charge on any atom is 0.311 e. The van der Waals surface area contributed by atoms with Gasteiger partial charge in [-0.3, -0.25) is 20.2 Å². The van der Waals surface area contributed by atoms with Gasteiger partial charge in [-0.05, 0) is 26.0 Å². The summed E-state index contributed by atoms with van der Waals surface area (Å²) in [6.45, 7) is 5.86. The quantitative estimate of drug-likeness (QED) is 0.0922. The number of anilines is 3. The number of aromatic nitrogens is 4. The maximum absolute atomic E-state index is 11.3. The van der Waals surface area contributed by atoms with Crippen LogP contribution in [0.1, 0.15) is 23.6 Å². The van der Waals surface area contributed by atoms with E-state index in [2.05, 4.69) is 19.9 Å². The molecule has 13 nitrogen and oxygen atoms in total. The zero-order valence-corrected chi connectivity index (χ0v) is 26.8. The molecule has 4 aromatic heterocycles. The van der Waals surface area contributed by atoms with Crippen molar-refractivity contribution in [2.24, 2.45) is 0 Å². The first kappa shape index (κ1) is 33.1. The molecule has 42 heavy (non-hydrogen) atoms. The van der Waals surface area contributed by atoms with E-state index in [4.69, 9.17) is 34.8 Å². The van der Waals surface area contributed by atoms with Gasteiger partial charge in [-0.2, -0.15) is 0 Å². The SMILES string of the molecule is CCN(Cc1cnc(Cl)s1)c1nc(Cl)ccc1[N+](=O)[O-].CCN(Cc1cnc(Cl)s1)c1nc(N(C)C)ccc1[N+](=O)[O-]. The molecule has 0 amide bonds. The van der Waals surface area contributed by atoms with Crippen molar-refractivity contribution in [2.75, 3.05) is 41.9 Å². The van der Waals surface area contributed by atoms with Gasteiger partial charge in [-0.25, -0.2) is 19.9 Å². The molecule has 0 saturated carbocycles. The van der Waals surface area contributed by atoms with Crippen molar-refractivity contribution in [3.8, 4) is 0 Å². The van der Waals surface area contributed by atoms with Crippen LogP contribution in [0.3, 0.4) is 0 Å². The lowest BCUT2D eigenvalue weighted by Gasteiger charge is -2.22. The monoisotopic (exact) mass is 673 g/mol. The molecule has 18 heteroatoms. The van der Waals surface area contributed by atoms with Gasteiger partial charge < -0.3 is 14.7 Å². The van der Waals surface area contributed by atoms with Crippen molar-refractivity contribution in [3.05, 3.63) is 80.7 Å². The zero-order chi connectivity index (χ0) is 31.0. The highest BCUT2D eigenvalue weighted by Gasteiger charge is 2.23. The first-order valence-corrected chi connectivity index (χ1v) is 15.0. The van der Waals surface area contributed by atoms with Crippen LogP contribution in [0, 0.1) is 20.2 Å². The summed E-state index contributed by atoms with van der Waals surface area (Å²) in [6.07, 6.45) is 3.32. The van der Waals surface area contributed by atoms with Gasteiger partial charge in [0.05, 0.1) is 22.9 Å². The van der Waals surface area contributed by atoms with Gasteiger partial charge in [0.25, 0.3) is 0 Å². The van der Waals surface area contributed by atoms with Crippen LogP contribution in [0.5, 0.6) is 0 Å². The molecule has 0 aliphatic carbocycles. The number of nitrogens with zero attached hydrogens (tertiary/aromatic N) is 9. The largest absolute Gasteiger partial charge is 0.363 e. The third-order valence-electron chi connectivity index (χ3n) is 5.62. The summed E-state index contributed by atoms with van der Waals surface area (Å²) < 4.78 is 0.889. The second kappa shape index (κ2) is 15.2. The molecule has 0 aliphatic rings. The molecule has 0 N–H and O–H groups in total. The molecule has 0 radical (unpaired) electrons. The molecule has 0 aliphatic heterocycles. The van der Waals surface area contributed by atoms with E-state index in [1.54, 1.807) is 23.4 Å². The average molecular weight is 675 g/mol. The van der Waals surface area contributed by atoms with E-state index in [0.29, 0.717) is 46.7 Å². The highest BCUT2D eigenvalue weighted by molar-refractivity contribution is 7.16. The predicted molar refractivity (Wildman–Crippen MR) is 169 cm³/mol. The molecule has 0 aromatic carbocycles. The lowest BCUT2D eigenvalue weighted by Crippen LogP contribution is -2.24. The van der Waals surface area contributed by atoms with Crippen LogP contribution in [0.15, 0.2) is 36.7 Å². The smallest absolute Gasteiger partial charge is 0.311 e. The lowest BCUT2D eigenvalue weighted by atomic mass is 10.3. The minimum atomic E-state index is -0.471. The van der Waals surface area contributed by atoms with Crippen molar-refractivity contribution in [2.45, 2.75) is 26.9 Å². The fourth-order valence-electron chi connectivity index (χ4n) is 3.61. The van der Waals surface area contributed by atoms with E-state index in [1.165, 1.54) is 40.9 Å². The first-order chi connectivity index (χ1) is 19.9. The Bertz CT molecular complexity index is 1540. The number of rotatable bonds is 11. The Morgan fingerprint density at radius 3 is 1.60 bits per heavy atom. The highest BCUT2D eigenvalue weighted by Crippen LogP contribution is 2.32. The van der Waals surface area contributed by atoms with Crippen LogP contribution in [0.2, 0.25) is 14.1 Å². The summed E-state index contributed by atoms with van der Waals surface area (Å²) in [5.74, 6) is 1.26. The summed E-state index contributed by atoms with van der Waals surface area (Å²) in [7, 11) is 3.69. The number of thiazole rings is 2. The van der Waals surface area contributed by atoms with Crippen molar-refractivity contribution < 1.29 is 9.85 Å². The average Bonchev–Trinajstić information content (AvgIpc) is 3.56. The summed E-state index contributed by atoms with van der Waals surface area (Å²) in [6, 6.07) is 5.88. The Balaban J connectivity index is 0.000000231. The van der Waals surface area contributed by atoms with Crippen LogP contribution in [0.4, 0.5) is 28.8 Å². The van der Waals surface area contributed by atoms with Gasteiger partial charge in [0.2, 0.25) is 11.6 Å². The normalized spacial score (nSPS) is 10.5. The molecule has 0 atom stereocenters. The third-order valence-corrected chi connectivity index (χ3v) is 8.03. The topological polar surface area (TPSA) is 148 Å². The summed E-state index contributed by atoms with van der Waals surface area (Å²) in [5.41, 5.74) is -0.0880. The Kier molecular flexibility index (Phi) is 12.0. The van der Waals surface area contributed by atoms with Crippen molar-refractivity contribution in [3.63, 3.8) is 0 Å². The number of hydrogen-bond donors (Lipinski definition) is 0. The number of nitro groups is 2. The summed E-state index contributed by atoms with van der Waals surface area (Å²) in [5, 5.41) is 22.6. The Morgan fingerprint density at radius 2 is 1.21 bits per heavy atom. The highest BCUT2D eigenvalue weighted by atomic mass is 35.5. The molecule has 4 rings (SSSR count). The van der Waals surface area contributed by atoms with E-state index in [1.807, 2.05) is 37.7 Å². The minimum Gasteiger partial charge on any atom is -0.363 e. The Morgan fingerprint density at radius 1 is 0.762 bits per heavy atom. The maximum atomic E-state index is 11.3. The standard InChI is InChI=1S/C13H16ClN5O2S.C11H10Cl2N4O2S/c1-4-18(8-9-7-15-13(14)22-9)12-10(19(20)21)5-6-11(16-12)17(2)3;1-2-16(6-7-5-14-11(13)20-7)10-8(17(18)19)3-4-9(12)15-10/h5-7H,4,8H2,1-3H3;3-5H,2,6H2,1H3. The second-order valence-corrected chi connectivity index (χ2v) is 12.4. The fourth-order valence-corrected chi connectivity index (χ4v) is 5.74. The van der Waals surface area contributed by atoms with E-state index >= 15 is 0 Å². The summed E-state index contributed by atoms with van der Waals surface area (Å²) in [4.78, 5) is 45.1. The third kappa shape index (κ3) is 8.82. The molecule has 4 aromatic rings. The van der Waals surface area contributed by atoms with Crippen LogP contribution in [-0.2, 0) is 13.1 Å². The molecule has 0 saturated heterocycles. The zero-order valence-electron chi connectivity index (χ0n) is 22.9. The van der Waals surface area contributed by atoms with Gasteiger partial charge in [-0.15, -0.1) is 22.7 Å². The van der Waals surface area contributed by atoms with E-state index in [0.717, 1.165) is 9.75 Å². The first-order valence-electron chi connectivity index (χ1n) is 12.3. The minimum absolute atomic E-state index is 0.0111. The predicted octanol–water partition coefficient (Wildman–Crippen LogP) is 6.97. The number of pyridine rings is 2. The van der Waals surface area contributed by atoms with Crippen molar-refractivity contribution >= 4 is 86.3 Å². The Hall–Kier alpha value is -3.37. The molecule has 4 heterocycles. The number of hydrogen-bond acceptors (Lipinski definition) is 13. The van der Waals surface area contributed by atoms with E-state index in [9.17, 15) is 20.2 Å². The van der Waals surface area contributed by atoms with Gasteiger partial charge in [0, 0.05) is 61.5 Å². The van der Waals surface area contributed by atoms with Crippen LogP contribution >= 0.6 is 57.5 Å². The van der Waals surface area contributed by atoms with Crippen LogP contribution < -0.4 is 14.7 Å². The number of halogens is 3. The fraction of sp³-hybridized carbons (Fsp3) is 0.333. The molecule has 0 bridgehead atoms. The van der Waals surface area contributed by atoms with Crippen LogP contribution in [0.25, 0.3) is 0 Å². The van der Waals surface area contributed by atoms with Gasteiger partial charge >= 0.3 is 11.4 Å². The van der Waals surface area contributed by atoms with Crippen LogP contribution in [-0.4, -0.2) is 57.0 Å². The lowest BCUT2D eigenvalue weighted by molar-refractivity contribution is -0.384. The Labute approximate surface area is 264 Å². The van der Waals surface area contributed by atoms with E-state index in [-0.39, 0.29) is 22.3 Å². The van der Waals surface area contributed by atoms with Gasteiger partial charge in [0.1, 0.15) is 11.0 Å². The molecule has 0 unspecified atom stereocenters. The molecule has 0 spiro atoms.